The maximum Gasteiger partial charge on any atom is 0.157 e. The SMILES string of the molecule is CCc1ccc(C(C)(O)c2cnn(-c3cc(C)nc(C)n3)c2)c(Cl)c1. The van der Waals surface area contributed by atoms with Crippen molar-refractivity contribution in [2.24, 2.45) is 0 Å². The van der Waals surface area contributed by atoms with Gasteiger partial charge in [-0.15, -0.1) is 0 Å². The molecule has 0 aliphatic heterocycles. The molecule has 0 aliphatic carbocycles. The second-order valence-electron chi connectivity index (χ2n) is 6.33. The van der Waals surface area contributed by atoms with Crippen LogP contribution in [0, 0.1) is 13.8 Å². The lowest BCUT2D eigenvalue weighted by Crippen LogP contribution is -2.22. The molecule has 0 bridgehead atoms. The highest BCUT2D eigenvalue weighted by Gasteiger charge is 2.30. The van der Waals surface area contributed by atoms with Crippen molar-refractivity contribution in [1.82, 2.24) is 19.7 Å². The van der Waals surface area contributed by atoms with Gasteiger partial charge < -0.3 is 5.11 Å². The van der Waals surface area contributed by atoms with Crippen molar-refractivity contribution >= 4 is 11.6 Å². The smallest absolute Gasteiger partial charge is 0.157 e. The molecule has 130 valence electrons. The standard InChI is InChI=1S/C19H21ClN4O/c1-5-14-6-7-16(17(20)9-14)19(4,25)15-10-21-24(11-15)18-8-12(2)22-13(3)23-18/h6-11,25H,5H2,1-4H3. The van der Waals surface area contributed by atoms with E-state index >= 15 is 0 Å². The second-order valence-corrected chi connectivity index (χ2v) is 6.74. The normalized spacial score (nSPS) is 13.7. The second kappa shape index (κ2) is 6.58. The first kappa shape index (κ1) is 17.6. The van der Waals surface area contributed by atoms with Gasteiger partial charge >= 0.3 is 0 Å². The lowest BCUT2D eigenvalue weighted by Gasteiger charge is -2.24. The minimum atomic E-state index is -1.25. The Bertz CT molecular complexity index is 897. The van der Waals surface area contributed by atoms with Gasteiger partial charge in [0.15, 0.2) is 5.82 Å². The molecule has 0 radical (unpaired) electrons. The maximum absolute atomic E-state index is 11.1. The summed E-state index contributed by atoms with van der Waals surface area (Å²) < 4.78 is 1.64. The molecule has 1 atom stereocenters. The molecule has 5 nitrogen and oxygen atoms in total. The van der Waals surface area contributed by atoms with E-state index in [1.165, 1.54) is 0 Å². The Labute approximate surface area is 152 Å². The number of hydrogen-bond donors (Lipinski definition) is 1. The topological polar surface area (TPSA) is 63.8 Å². The molecular weight excluding hydrogens is 336 g/mol. The molecule has 0 aliphatic rings. The van der Waals surface area contributed by atoms with Gasteiger partial charge in [-0.05, 0) is 38.8 Å². The Hall–Kier alpha value is -2.24. The highest BCUT2D eigenvalue weighted by Crippen LogP contribution is 2.34. The van der Waals surface area contributed by atoms with Gasteiger partial charge in [0, 0.05) is 34.1 Å². The van der Waals surface area contributed by atoms with E-state index in [1.807, 2.05) is 38.1 Å². The molecule has 3 aromatic rings. The van der Waals surface area contributed by atoms with Crippen molar-refractivity contribution in [2.45, 2.75) is 39.7 Å². The van der Waals surface area contributed by atoms with Crippen LogP contribution >= 0.6 is 11.6 Å². The van der Waals surface area contributed by atoms with E-state index in [1.54, 1.807) is 24.0 Å². The fourth-order valence-corrected chi connectivity index (χ4v) is 3.23. The van der Waals surface area contributed by atoms with Crippen LogP contribution in [0.2, 0.25) is 5.02 Å². The number of nitrogens with zero attached hydrogens (tertiary/aromatic N) is 4. The van der Waals surface area contributed by atoms with Crippen LogP contribution in [-0.2, 0) is 12.0 Å². The fourth-order valence-electron chi connectivity index (χ4n) is 2.84. The molecule has 3 rings (SSSR count). The van der Waals surface area contributed by atoms with E-state index in [0.717, 1.165) is 17.7 Å². The predicted octanol–water partition coefficient (Wildman–Crippen LogP) is 3.75. The van der Waals surface area contributed by atoms with E-state index in [2.05, 4.69) is 22.0 Å². The molecule has 2 heterocycles. The maximum atomic E-state index is 11.1. The first-order valence-corrected chi connectivity index (χ1v) is 8.58. The third-order valence-corrected chi connectivity index (χ3v) is 4.61. The van der Waals surface area contributed by atoms with Crippen molar-refractivity contribution in [3.8, 4) is 5.82 Å². The molecule has 2 aromatic heterocycles. The van der Waals surface area contributed by atoms with Crippen LogP contribution in [0.25, 0.3) is 5.82 Å². The van der Waals surface area contributed by atoms with Gasteiger partial charge in [-0.25, -0.2) is 14.6 Å². The minimum absolute atomic E-state index is 0.547. The number of rotatable bonds is 4. The van der Waals surface area contributed by atoms with Crippen LogP contribution in [0.5, 0.6) is 0 Å². The van der Waals surface area contributed by atoms with E-state index < -0.39 is 5.60 Å². The quantitative estimate of drug-likeness (QED) is 0.773. The Kier molecular flexibility index (Phi) is 4.62. The van der Waals surface area contributed by atoms with Gasteiger partial charge in [-0.3, -0.25) is 0 Å². The van der Waals surface area contributed by atoms with Gasteiger partial charge in [0.1, 0.15) is 11.4 Å². The van der Waals surface area contributed by atoms with Crippen molar-refractivity contribution in [1.29, 1.82) is 0 Å². The number of aliphatic hydroxyl groups is 1. The summed E-state index contributed by atoms with van der Waals surface area (Å²) in [6.07, 6.45) is 4.30. The van der Waals surface area contributed by atoms with Crippen LogP contribution in [0.1, 0.15) is 42.1 Å². The molecule has 0 saturated carbocycles. The zero-order valence-electron chi connectivity index (χ0n) is 14.8. The highest BCUT2D eigenvalue weighted by molar-refractivity contribution is 6.31. The summed E-state index contributed by atoms with van der Waals surface area (Å²) in [5, 5.41) is 16.0. The Balaban J connectivity index is 2.00. The van der Waals surface area contributed by atoms with Gasteiger partial charge in [-0.2, -0.15) is 5.10 Å². The Morgan fingerprint density at radius 3 is 2.60 bits per heavy atom. The van der Waals surface area contributed by atoms with Crippen molar-refractivity contribution in [3.63, 3.8) is 0 Å². The highest BCUT2D eigenvalue weighted by atomic mass is 35.5. The summed E-state index contributed by atoms with van der Waals surface area (Å²) in [5.74, 6) is 1.34. The van der Waals surface area contributed by atoms with Crippen LogP contribution in [0.4, 0.5) is 0 Å². The molecule has 0 saturated heterocycles. The summed E-state index contributed by atoms with van der Waals surface area (Å²) in [6, 6.07) is 7.60. The van der Waals surface area contributed by atoms with E-state index in [4.69, 9.17) is 11.6 Å². The Morgan fingerprint density at radius 1 is 1.20 bits per heavy atom. The van der Waals surface area contributed by atoms with Gasteiger partial charge in [0.2, 0.25) is 0 Å². The average Bonchev–Trinajstić information content (AvgIpc) is 3.04. The first-order chi connectivity index (χ1) is 11.8. The predicted molar refractivity (Wildman–Crippen MR) is 98.1 cm³/mol. The van der Waals surface area contributed by atoms with Crippen LogP contribution in [0.15, 0.2) is 36.7 Å². The summed E-state index contributed by atoms with van der Waals surface area (Å²) in [5.41, 5.74) is 2.05. The van der Waals surface area contributed by atoms with E-state index in [-0.39, 0.29) is 0 Å². The van der Waals surface area contributed by atoms with Crippen LogP contribution < -0.4 is 0 Å². The van der Waals surface area contributed by atoms with Crippen molar-refractivity contribution in [3.05, 3.63) is 69.9 Å². The number of aryl methyl sites for hydroxylation is 3. The summed E-state index contributed by atoms with van der Waals surface area (Å²) >= 11 is 6.40. The zero-order chi connectivity index (χ0) is 18.2. The lowest BCUT2D eigenvalue weighted by atomic mass is 9.89. The van der Waals surface area contributed by atoms with Crippen LogP contribution in [0.3, 0.4) is 0 Å². The van der Waals surface area contributed by atoms with Crippen molar-refractivity contribution in [2.75, 3.05) is 0 Å². The third-order valence-electron chi connectivity index (χ3n) is 4.30. The Morgan fingerprint density at radius 2 is 1.96 bits per heavy atom. The number of halogens is 1. The number of benzene rings is 1. The monoisotopic (exact) mass is 356 g/mol. The van der Waals surface area contributed by atoms with E-state index in [0.29, 0.717) is 27.8 Å². The summed E-state index contributed by atoms with van der Waals surface area (Å²) in [7, 11) is 0. The molecular formula is C19H21ClN4O. The molecule has 1 unspecified atom stereocenters. The number of aromatic nitrogens is 4. The van der Waals surface area contributed by atoms with Crippen LogP contribution in [-0.4, -0.2) is 24.9 Å². The largest absolute Gasteiger partial charge is 0.381 e. The lowest BCUT2D eigenvalue weighted by molar-refractivity contribution is 0.102. The zero-order valence-corrected chi connectivity index (χ0v) is 15.5. The molecule has 1 N–H and O–H groups in total. The first-order valence-electron chi connectivity index (χ1n) is 8.20. The van der Waals surface area contributed by atoms with E-state index in [9.17, 15) is 5.11 Å². The van der Waals surface area contributed by atoms with Gasteiger partial charge in [0.05, 0.1) is 6.20 Å². The number of hydrogen-bond acceptors (Lipinski definition) is 4. The van der Waals surface area contributed by atoms with Gasteiger partial charge in [-0.1, -0.05) is 30.7 Å². The average molecular weight is 357 g/mol. The molecule has 0 fully saturated rings. The molecule has 1 aromatic carbocycles. The fraction of sp³-hybridized carbons (Fsp3) is 0.316. The molecule has 25 heavy (non-hydrogen) atoms. The molecule has 6 heteroatoms. The summed E-state index contributed by atoms with van der Waals surface area (Å²) in [6.45, 7) is 7.54. The minimum Gasteiger partial charge on any atom is -0.381 e. The summed E-state index contributed by atoms with van der Waals surface area (Å²) in [4.78, 5) is 8.67. The van der Waals surface area contributed by atoms with Crippen molar-refractivity contribution < 1.29 is 5.11 Å². The third kappa shape index (κ3) is 3.43. The van der Waals surface area contributed by atoms with Gasteiger partial charge in [0.25, 0.3) is 0 Å². The molecule has 0 amide bonds. The molecule has 0 spiro atoms.